The highest BCUT2D eigenvalue weighted by Crippen LogP contribution is 2.18. The highest BCUT2D eigenvalue weighted by atomic mass is 32.1. The van der Waals surface area contributed by atoms with Gasteiger partial charge in [0.05, 0.1) is 5.16 Å². The number of aliphatic imine (C=N–C) groups is 1. The molecule has 0 heterocycles. The molecule has 0 saturated carbocycles. The van der Waals surface area contributed by atoms with Crippen molar-refractivity contribution in [1.29, 1.82) is 0 Å². The molecule has 0 fully saturated rings. The summed E-state index contributed by atoms with van der Waals surface area (Å²) in [5.41, 5.74) is -0.268. The van der Waals surface area contributed by atoms with Crippen molar-refractivity contribution in [3.8, 4) is 0 Å². The van der Waals surface area contributed by atoms with Crippen LogP contribution in [0.2, 0.25) is 0 Å². The zero-order valence-corrected chi connectivity index (χ0v) is 11.2. The quantitative estimate of drug-likeness (QED) is 0.357. The van der Waals surface area contributed by atoms with Gasteiger partial charge in [0.1, 0.15) is 6.04 Å². The standard InChI is InChI=1S/C13H12F3NOS/c1-7(2)3-11(17-6-19)13(18)8-4-9(14)12(16)10(15)5-8/h4-5,7,11H,3H2,1-2H3. The molecule has 0 aliphatic heterocycles. The van der Waals surface area contributed by atoms with Crippen LogP contribution in [-0.4, -0.2) is 17.0 Å². The van der Waals surface area contributed by atoms with E-state index in [2.05, 4.69) is 22.4 Å². The summed E-state index contributed by atoms with van der Waals surface area (Å²) < 4.78 is 39.0. The molecule has 1 atom stereocenters. The molecule has 1 aromatic rings. The van der Waals surface area contributed by atoms with E-state index in [1.165, 1.54) is 0 Å². The van der Waals surface area contributed by atoms with Gasteiger partial charge < -0.3 is 0 Å². The van der Waals surface area contributed by atoms with Gasteiger partial charge in [-0.3, -0.25) is 4.79 Å². The molecule has 0 radical (unpaired) electrons. The summed E-state index contributed by atoms with van der Waals surface area (Å²) in [5.74, 6) is -4.88. The molecule has 0 aliphatic carbocycles. The summed E-state index contributed by atoms with van der Waals surface area (Å²) in [4.78, 5) is 15.7. The van der Waals surface area contributed by atoms with E-state index in [1.807, 2.05) is 13.8 Å². The van der Waals surface area contributed by atoms with Gasteiger partial charge in [0.2, 0.25) is 0 Å². The first-order valence-corrected chi connectivity index (χ1v) is 6.03. The van der Waals surface area contributed by atoms with Crippen LogP contribution in [0.3, 0.4) is 0 Å². The van der Waals surface area contributed by atoms with E-state index in [-0.39, 0.29) is 11.5 Å². The molecule has 0 saturated heterocycles. The molecule has 1 rings (SSSR count). The molecular formula is C13H12F3NOS. The Morgan fingerprint density at radius 2 is 1.84 bits per heavy atom. The van der Waals surface area contributed by atoms with Crippen molar-refractivity contribution >= 4 is 23.2 Å². The molecule has 0 N–H and O–H groups in total. The summed E-state index contributed by atoms with van der Waals surface area (Å²) in [6.07, 6.45) is 0.364. The van der Waals surface area contributed by atoms with Crippen molar-refractivity contribution < 1.29 is 18.0 Å². The number of rotatable bonds is 5. The summed E-state index contributed by atoms with van der Waals surface area (Å²) >= 11 is 4.45. The van der Waals surface area contributed by atoms with E-state index in [1.54, 1.807) is 0 Å². The van der Waals surface area contributed by atoms with E-state index in [0.717, 1.165) is 0 Å². The fraction of sp³-hybridized carbons (Fsp3) is 0.385. The fourth-order valence-corrected chi connectivity index (χ4v) is 1.75. The summed E-state index contributed by atoms with van der Waals surface area (Å²) in [6.45, 7) is 3.73. The van der Waals surface area contributed by atoms with Gasteiger partial charge in [0.15, 0.2) is 23.2 Å². The minimum Gasteiger partial charge on any atom is -0.292 e. The van der Waals surface area contributed by atoms with Crippen molar-refractivity contribution in [2.45, 2.75) is 26.3 Å². The third kappa shape index (κ3) is 3.98. The Bertz CT molecular complexity index is 516. The van der Waals surface area contributed by atoms with E-state index < -0.39 is 29.3 Å². The van der Waals surface area contributed by atoms with Gasteiger partial charge in [-0.25, -0.2) is 18.2 Å². The van der Waals surface area contributed by atoms with E-state index in [9.17, 15) is 18.0 Å². The van der Waals surface area contributed by atoms with Crippen LogP contribution < -0.4 is 0 Å². The normalized spacial score (nSPS) is 12.1. The molecule has 1 aromatic carbocycles. The van der Waals surface area contributed by atoms with E-state index in [4.69, 9.17) is 0 Å². The molecule has 0 bridgehead atoms. The Morgan fingerprint density at radius 1 is 1.32 bits per heavy atom. The van der Waals surface area contributed by atoms with Crippen LogP contribution in [0.5, 0.6) is 0 Å². The maximum Gasteiger partial charge on any atom is 0.194 e. The third-order valence-corrected chi connectivity index (χ3v) is 2.58. The predicted molar refractivity (Wildman–Crippen MR) is 68.9 cm³/mol. The number of carbonyl (C=O) groups is 1. The van der Waals surface area contributed by atoms with Gasteiger partial charge >= 0.3 is 0 Å². The summed E-state index contributed by atoms with van der Waals surface area (Å²) in [7, 11) is 0. The molecule has 2 nitrogen and oxygen atoms in total. The predicted octanol–water partition coefficient (Wildman–Crippen LogP) is 3.80. The van der Waals surface area contributed by atoms with Crippen LogP contribution in [0, 0.1) is 23.4 Å². The second-order valence-corrected chi connectivity index (χ2v) is 4.67. The molecular weight excluding hydrogens is 275 g/mol. The topological polar surface area (TPSA) is 29.4 Å². The van der Waals surface area contributed by atoms with Gasteiger partial charge in [-0.15, -0.1) is 0 Å². The number of nitrogens with zero attached hydrogens (tertiary/aromatic N) is 1. The number of Topliss-reactive ketones (excluding diaryl/α,β-unsaturated/α-hetero) is 1. The number of benzene rings is 1. The lowest BCUT2D eigenvalue weighted by Crippen LogP contribution is -2.21. The minimum atomic E-state index is -1.60. The smallest absolute Gasteiger partial charge is 0.194 e. The van der Waals surface area contributed by atoms with Crippen molar-refractivity contribution in [1.82, 2.24) is 0 Å². The number of carbonyl (C=O) groups excluding carboxylic acids is 1. The Morgan fingerprint density at radius 3 is 2.26 bits per heavy atom. The van der Waals surface area contributed by atoms with E-state index in [0.29, 0.717) is 18.6 Å². The highest BCUT2D eigenvalue weighted by Gasteiger charge is 2.23. The average Bonchev–Trinajstić information content (AvgIpc) is 2.33. The largest absolute Gasteiger partial charge is 0.292 e. The van der Waals surface area contributed by atoms with Crippen LogP contribution in [0.1, 0.15) is 30.6 Å². The molecule has 102 valence electrons. The lowest BCUT2D eigenvalue weighted by molar-refractivity contribution is 0.0951. The van der Waals surface area contributed by atoms with Crippen LogP contribution in [0.25, 0.3) is 0 Å². The van der Waals surface area contributed by atoms with Gasteiger partial charge in [-0.05, 0) is 36.7 Å². The van der Waals surface area contributed by atoms with Gasteiger partial charge in [0.25, 0.3) is 0 Å². The van der Waals surface area contributed by atoms with Crippen molar-refractivity contribution in [2.24, 2.45) is 10.9 Å². The number of isothiocyanates is 1. The summed E-state index contributed by atoms with van der Waals surface area (Å²) in [5, 5.41) is 2.09. The molecule has 0 amide bonds. The first kappa shape index (κ1) is 15.5. The van der Waals surface area contributed by atoms with Crippen LogP contribution in [0.15, 0.2) is 17.1 Å². The molecule has 19 heavy (non-hydrogen) atoms. The fourth-order valence-electron chi connectivity index (χ4n) is 1.62. The minimum absolute atomic E-state index is 0.135. The molecule has 6 heteroatoms. The molecule has 0 aliphatic rings. The number of thiocarbonyl (C=S) groups is 1. The first-order chi connectivity index (χ1) is 8.86. The third-order valence-electron chi connectivity index (χ3n) is 2.47. The van der Waals surface area contributed by atoms with Crippen LogP contribution in [-0.2, 0) is 0 Å². The highest BCUT2D eigenvalue weighted by molar-refractivity contribution is 7.78. The van der Waals surface area contributed by atoms with Crippen molar-refractivity contribution in [3.63, 3.8) is 0 Å². The lowest BCUT2D eigenvalue weighted by atomic mass is 9.96. The summed E-state index contributed by atoms with van der Waals surface area (Å²) in [6, 6.07) is 0.460. The maximum atomic E-state index is 13.1. The lowest BCUT2D eigenvalue weighted by Gasteiger charge is -2.12. The Hall–Kier alpha value is -1.52. The number of ketones is 1. The van der Waals surface area contributed by atoms with Crippen molar-refractivity contribution in [3.05, 3.63) is 35.1 Å². The second kappa shape index (κ2) is 6.59. The Balaban J connectivity index is 3.13. The first-order valence-electron chi connectivity index (χ1n) is 5.62. The van der Waals surface area contributed by atoms with Crippen LogP contribution >= 0.6 is 12.2 Å². The Kier molecular flexibility index (Phi) is 5.39. The van der Waals surface area contributed by atoms with Crippen molar-refractivity contribution in [2.75, 3.05) is 0 Å². The Labute approximate surface area is 114 Å². The number of hydrogen-bond donors (Lipinski definition) is 0. The van der Waals surface area contributed by atoms with Gasteiger partial charge in [0, 0.05) is 5.56 Å². The SMILES string of the molecule is CC(C)CC(N=C=S)C(=O)c1cc(F)c(F)c(F)c1. The molecule has 0 aromatic heterocycles. The maximum absolute atomic E-state index is 13.1. The average molecular weight is 287 g/mol. The number of hydrogen-bond acceptors (Lipinski definition) is 3. The van der Waals surface area contributed by atoms with Gasteiger partial charge in [-0.2, -0.15) is 0 Å². The second-order valence-electron chi connectivity index (χ2n) is 4.48. The molecule has 0 spiro atoms. The van der Waals surface area contributed by atoms with E-state index >= 15 is 0 Å². The van der Waals surface area contributed by atoms with Gasteiger partial charge in [-0.1, -0.05) is 13.8 Å². The zero-order valence-electron chi connectivity index (χ0n) is 10.4. The van der Waals surface area contributed by atoms with Crippen LogP contribution in [0.4, 0.5) is 13.2 Å². The number of halogens is 3. The monoisotopic (exact) mass is 287 g/mol. The zero-order chi connectivity index (χ0) is 14.6. The molecule has 1 unspecified atom stereocenters.